The van der Waals surface area contributed by atoms with Crippen molar-refractivity contribution in [3.05, 3.63) is 35.3 Å². The van der Waals surface area contributed by atoms with Gasteiger partial charge in [0.05, 0.1) is 12.1 Å². The number of piperazine rings is 1. The van der Waals surface area contributed by atoms with Crippen molar-refractivity contribution in [1.29, 1.82) is 0 Å². The van der Waals surface area contributed by atoms with Crippen LogP contribution in [0.1, 0.15) is 55.1 Å². The molecule has 2 heterocycles. The van der Waals surface area contributed by atoms with Crippen molar-refractivity contribution in [2.75, 3.05) is 32.8 Å². The van der Waals surface area contributed by atoms with Crippen molar-refractivity contribution < 1.29 is 48.0 Å². The number of amides is 3. The van der Waals surface area contributed by atoms with Crippen LogP contribution in [0.4, 0.5) is 9.18 Å². The van der Waals surface area contributed by atoms with E-state index in [1.165, 1.54) is 28.9 Å². The molecule has 1 atom stereocenters. The summed E-state index contributed by atoms with van der Waals surface area (Å²) in [6.07, 6.45) is -0.0196. The quantitative estimate of drug-likeness (QED) is 0.373. The Morgan fingerprint density at radius 2 is 1.74 bits per heavy atom. The summed E-state index contributed by atoms with van der Waals surface area (Å²) in [7, 11) is 0. The summed E-state index contributed by atoms with van der Waals surface area (Å²) in [5.74, 6) is -4.30. The Morgan fingerprint density at radius 1 is 1.07 bits per heavy atom. The van der Waals surface area contributed by atoms with Gasteiger partial charge in [0.25, 0.3) is 5.91 Å². The van der Waals surface area contributed by atoms with Gasteiger partial charge in [-0.05, 0) is 57.2 Å². The second-order valence-corrected chi connectivity index (χ2v) is 10.3. The summed E-state index contributed by atoms with van der Waals surface area (Å²) in [5, 5.41) is 21.7. The first-order chi connectivity index (χ1) is 19.9. The molecule has 14 heteroatoms. The van der Waals surface area contributed by atoms with Gasteiger partial charge >= 0.3 is 18.0 Å². The average molecular weight is 589 g/mol. The SMILES string of the molecule is CCOC(=O)N1CCN(C(=O)C(CCC(=O)O)NC(=O)c2cc(OC3(C(=O)O)CCC3)c3cc(F)c(C)cc3n2)CC1. The summed E-state index contributed by atoms with van der Waals surface area (Å²) in [5.41, 5.74) is -1.31. The summed E-state index contributed by atoms with van der Waals surface area (Å²) >= 11 is 0. The van der Waals surface area contributed by atoms with E-state index < -0.39 is 53.7 Å². The average Bonchev–Trinajstić information content (AvgIpc) is 2.93. The third-order valence-corrected chi connectivity index (χ3v) is 7.51. The Labute approximate surface area is 240 Å². The minimum absolute atomic E-state index is 0.0466. The maximum atomic E-state index is 14.5. The number of aryl methyl sites for hydroxylation is 1. The smallest absolute Gasteiger partial charge is 0.409 e. The van der Waals surface area contributed by atoms with Crippen molar-refractivity contribution in [3.8, 4) is 5.75 Å². The van der Waals surface area contributed by atoms with Crippen LogP contribution < -0.4 is 10.1 Å². The number of benzene rings is 1. The minimum atomic E-state index is -1.52. The lowest BCUT2D eigenvalue weighted by atomic mass is 9.80. The molecule has 4 rings (SSSR count). The van der Waals surface area contributed by atoms with E-state index in [4.69, 9.17) is 9.47 Å². The monoisotopic (exact) mass is 588 g/mol. The van der Waals surface area contributed by atoms with Crippen molar-refractivity contribution >= 4 is 40.7 Å². The first kappa shape index (κ1) is 30.5. The number of aliphatic carboxylic acids is 2. The zero-order chi connectivity index (χ0) is 30.6. The van der Waals surface area contributed by atoms with Gasteiger partial charge in [-0.15, -0.1) is 0 Å². The van der Waals surface area contributed by atoms with Gasteiger partial charge in [0, 0.05) is 44.1 Å². The Balaban J connectivity index is 1.59. The summed E-state index contributed by atoms with van der Waals surface area (Å²) in [4.78, 5) is 69.3. The van der Waals surface area contributed by atoms with Gasteiger partial charge in [-0.2, -0.15) is 0 Å². The first-order valence-electron chi connectivity index (χ1n) is 13.7. The van der Waals surface area contributed by atoms with Crippen LogP contribution in [-0.4, -0.2) is 99.3 Å². The number of carboxylic acids is 2. The molecule has 1 aromatic heterocycles. The predicted octanol–water partition coefficient (Wildman–Crippen LogP) is 2.33. The highest BCUT2D eigenvalue weighted by atomic mass is 19.1. The van der Waals surface area contributed by atoms with Gasteiger partial charge in [-0.25, -0.2) is 19.0 Å². The number of ether oxygens (including phenoxy) is 2. The van der Waals surface area contributed by atoms with Crippen LogP contribution in [0, 0.1) is 12.7 Å². The molecule has 1 saturated heterocycles. The highest BCUT2D eigenvalue weighted by molar-refractivity contribution is 5.99. The van der Waals surface area contributed by atoms with Gasteiger partial charge < -0.3 is 34.8 Å². The summed E-state index contributed by atoms with van der Waals surface area (Å²) in [6.45, 7) is 4.14. The molecule has 3 amide bonds. The molecule has 13 nitrogen and oxygen atoms in total. The minimum Gasteiger partial charge on any atom is -0.481 e. The van der Waals surface area contributed by atoms with E-state index >= 15 is 0 Å². The lowest BCUT2D eigenvalue weighted by Gasteiger charge is -2.38. The standard InChI is InChI=1S/C28H33FN4O9/c1-3-41-27(40)33-11-9-32(10-12-33)25(37)19(5-6-23(34)35)31-24(36)21-15-22(42-28(26(38)39)7-4-8-28)17-14-18(29)16(2)13-20(17)30-21/h13-15,19H,3-12H2,1-2H3,(H,31,36)(H,34,35)(H,38,39). The zero-order valence-corrected chi connectivity index (χ0v) is 23.4. The molecule has 1 unspecified atom stereocenters. The Morgan fingerprint density at radius 3 is 2.31 bits per heavy atom. The van der Waals surface area contributed by atoms with Gasteiger partial charge in [0.15, 0.2) is 0 Å². The molecular weight excluding hydrogens is 555 g/mol. The highest BCUT2D eigenvalue weighted by Crippen LogP contribution is 2.39. The number of halogens is 1. The van der Waals surface area contributed by atoms with E-state index in [0.717, 1.165) is 6.07 Å². The predicted molar refractivity (Wildman–Crippen MR) is 145 cm³/mol. The maximum absolute atomic E-state index is 14.5. The molecule has 1 aliphatic carbocycles. The molecule has 0 radical (unpaired) electrons. The molecule has 1 saturated carbocycles. The van der Waals surface area contributed by atoms with E-state index in [2.05, 4.69) is 10.3 Å². The third kappa shape index (κ3) is 6.52. The number of hydrogen-bond donors (Lipinski definition) is 3. The van der Waals surface area contributed by atoms with Gasteiger partial charge in [-0.3, -0.25) is 14.4 Å². The third-order valence-electron chi connectivity index (χ3n) is 7.51. The van der Waals surface area contributed by atoms with Crippen LogP contribution in [0.5, 0.6) is 5.75 Å². The number of carbonyl (C=O) groups is 5. The molecule has 226 valence electrons. The number of carbonyl (C=O) groups excluding carboxylic acids is 3. The molecule has 42 heavy (non-hydrogen) atoms. The van der Waals surface area contributed by atoms with Gasteiger partial charge in [0.1, 0.15) is 23.3 Å². The van der Waals surface area contributed by atoms with Crippen molar-refractivity contribution in [1.82, 2.24) is 20.1 Å². The lowest BCUT2D eigenvalue weighted by Crippen LogP contribution is -2.56. The van der Waals surface area contributed by atoms with Crippen molar-refractivity contribution in [3.63, 3.8) is 0 Å². The van der Waals surface area contributed by atoms with Gasteiger partial charge in [-0.1, -0.05) is 0 Å². The number of hydrogen-bond acceptors (Lipinski definition) is 8. The molecule has 2 aliphatic rings. The topological polar surface area (TPSA) is 176 Å². The fourth-order valence-corrected chi connectivity index (χ4v) is 4.89. The lowest BCUT2D eigenvalue weighted by molar-refractivity contribution is -0.163. The number of fused-ring (bicyclic) bond motifs is 1. The number of nitrogens with one attached hydrogen (secondary N) is 1. The molecule has 0 spiro atoms. The highest BCUT2D eigenvalue weighted by Gasteiger charge is 2.47. The molecular formula is C28H33FN4O9. The van der Waals surface area contributed by atoms with Crippen LogP contribution >= 0.6 is 0 Å². The van der Waals surface area contributed by atoms with Crippen LogP contribution in [0.25, 0.3) is 10.9 Å². The van der Waals surface area contributed by atoms with Crippen molar-refractivity contribution in [2.45, 2.75) is 57.6 Å². The van der Waals surface area contributed by atoms with E-state index in [0.29, 0.717) is 6.42 Å². The molecule has 0 bridgehead atoms. The molecule has 2 aromatic rings. The fraction of sp³-hybridized carbons (Fsp3) is 0.500. The Hall–Kier alpha value is -4.49. The van der Waals surface area contributed by atoms with Crippen LogP contribution in [0.15, 0.2) is 18.2 Å². The number of nitrogens with zero attached hydrogens (tertiary/aromatic N) is 3. The van der Waals surface area contributed by atoms with Crippen LogP contribution in [0.3, 0.4) is 0 Å². The van der Waals surface area contributed by atoms with E-state index in [9.17, 15) is 38.6 Å². The normalized spacial score (nSPS) is 16.7. The summed E-state index contributed by atoms with van der Waals surface area (Å²) < 4.78 is 25.4. The molecule has 2 fully saturated rings. The molecule has 3 N–H and O–H groups in total. The fourth-order valence-electron chi connectivity index (χ4n) is 4.89. The Kier molecular flexibility index (Phi) is 9.12. The first-order valence-corrected chi connectivity index (χ1v) is 13.7. The van der Waals surface area contributed by atoms with Gasteiger partial charge in [0.2, 0.25) is 11.5 Å². The Bertz CT molecular complexity index is 1400. The molecule has 1 aromatic carbocycles. The maximum Gasteiger partial charge on any atom is 0.409 e. The largest absolute Gasteiger partial charge is 0.481 e. The van der Waals surface area contributed by atoms with Crippen LogP contribution in [-0.2, 0) is 19.1 Å². The number of rotatable bonds is 10. The second-order valence-electron chi connectivity index (χ2n) is 10.3. The number of aromatic nitrogens is 1. The number of carboxylic acid groups (broad SMARTS) is 2. The van der Waals surface area contributed by atoms with E-state index in [-0.39, 0.29) is 80.0 Å². The van der Waals surface area contributed by atoms with E-state index in [1.54, 1.807) is 6.92 Å². The van der Waals surface area contributed by atoms with E-state index in [1.807, 2.05) is 0 Å². The summed E-state index contributed by atoms with van der Waals surface area (Å²) in [6, 6.07) is 2.54. The molecule has 1 aliphatic heterocycles. The zero-order valence-electron chi connectivity index (χ0n) is 23.4. The second kappa shape index (κ2) is 12.6. The van der Waals surface area contributed by atoms with Crippen molar-refractivity contribution in [2.24, 2.45) is 0 Å². The van der Waals surface area contributed by atoms with Crippen LogP contribution in [0.2, 0.25) is 0 Å². The number of pyridine rings is 1.